The summed E-state index contributed by atoms with van der Waals surface area (Å²) in [5.74, 6) is -0.172. The highest BCUT2D eigenvalue weighted by Crippen LogP contribution is 2.30. The second kappa shape index (κ2) is 7.22. The van der Waals surface area contributed by atoms with E-state index in [1.54, 1.807) is 23.0 Å². The van der Waals surface area contributed by atoms with Gasteiger partial charge in [-0.3, -0.25) is 9.69 Å². The van der Waals surface area contributed by atoms with Crippen LogP contribution in [0.1, 0.15) is 18.5 Å². The van der Waals surface area contributed by atoms with Gasteiger partial charge in [0.2, 0.25) is 5.91 Å². The molecule has 150 valence electrons. The zero-order chi connectivity index (χ0) is 20.0. The van der Waals surface area contributed by atoms with Gasteiger partial charge in [-0.2, -0.15) is 5.10 Å². The van der Waals surface area contributed by atoms with Gasteiger partial charge in [0, 0.05) is 37.3 Å². The third kappa shape index (κ3) is 3.29. The number of amides is 1. The van der Waals surface area contributed by atoms with Gasteiger partial charge in [-0.15, -0.1) is 0 Å². The normalized spacial score (nSPS) is 19.7. The van der Waals surface area contributed by atoms with Crippen LogP contribution in [0.15, 0.2) is 36.5 Å². The number of aryl methyl sites for hydroxylation is 1. The zero-order valence-corrected chi connectivity index (χ0v) is 16.5. The van der Waals surface area contributed by atoms with E-state index in [0.717, 1.165) is 48.4 Å². The molecule has 7 heteroatoms. The number of benzene rings is 1. The molecule has 0 radical (unpaired) electrons. The van der Waals surface area contributed by atoms with Crippen molar-refractivity contribution in [2.45, 2.75) is 32.4 Å². The lowest BCUT2D eigenvalue weighted by Crippen LogP contribution is -2.52. The Bertz CT molecular complexity index is 1060. The van der Waals surface area contributed by atoms with Crippen molar-refractivity contribution in [1.82, 2.24) is 24.6 Å². The van der Waals surface area contributed by atoms with Gasteiger partial charge in [0.1, 0.15) is 12.4 Å². The standard InChI is InChI=1S/C22H24FN5O/c1-15-21-19(16-4-6-17(23)7-5-16)8-9-24-22(21)28(25-15)14-20(29)27-12-11-26-10-2-3-18(26)13-27/h4-9,18H,2-3,10-14H2,1H3. The van der Waals surface area contributed by atoms with Crippen LogP contribution >= 0.6 is 0 Å². The van der Waals surface area contributed by atoms with E-state index in [2.05, 4.69) is 15.0 Å². The molecule has 0 saturated carbocycles. The summed E-state index contributed by atoms with van der Waals surface area (Å²) in [7, 11) is 0. The number of pyridine rings is 1. The summed E-state index contributed by atoms with van der Waals surface area (Å²) in [6.45, 7) is 5.83. The minimum Gasteiger partial charge on any atom is -0.338 e. The predicted octanol–water partition coefficient (Wildman–Crippen LogP) is 2.85. The summed E-state index contributed by atoms with van der Waals surface area (Å²) in [4.78, 5) is 21.9. The molecule has 1 amide bonds. The molecule has 3 aromatic rings. The Morgan fingerprint density at radius 1 is 1.17 bits per heavy atom. The van der Waals surface area contributed by atoms with Crippen LogP contribution in [0.4, 0.5) is 4.39 Å². The Balaban J connectivity index is 1.43. The SMILES string of the molecule is Cc1nn(CC(=O)N2CCN3CCCC3C2)c2nccc(-c3ccc(F)cc3)c12. The third-order valence-corrected chi connectivity index (χ3v) is 6.19. The summed E-state index contributed by atoms with van der Waals surface area (Å²) < 4.78 is 15.0. The van der Waals surface area contributed by atoms with Gasteiger partial charge in [0.05, 0.1) is 5.69 Å². The van der Waals surface area contributed by atoms with Crippen LogP contribution in [0.5, 0.6) is 0 Å². The number of aromatic nitrogens is 3. The van der Waals surface area contributed by atoms with E-state index in [-0.39, 0.29) is 18.3 Å². The molecule has 0 spiro atoms. The van der Waals surface area contributed by atoms with E-state index >= 15 is 0 Å². The molecule has 2 aliphatic rings. The first-order valence-electron chi connectivity index (χ1n) is 10.2. The van der Waals surface area contributed by atoms with E-state index in [0.29, 0.717) is 11.7 Å². The summed E-state index contributed by atoms with van der Waals surface area (Å²) in [5.41, 5.74) is 3.37. The van der Waals surface area contributed by atoms with E-state index < -0.39 is 0 Å². The number of carbonyl (C=O) groups excluding carboxylic acids is 1. The molecule has 0 N–H and O–H groups in total. The quantitative estimate of drug-likeness (QED) is 0.687. The lowest BCUT2D eigenvalue weighted by molar-refractivity contribution is -0.134. The Hall–Kier alpha value is -2.80. The summed E-state index contributed by atoms with van der Waals surface area (Å²) in [5, 5.41) is 5.53. The van der Waals surface area contributed by atoms with Crippen molar-refractivity contribution in [3.63, 3.8) is 0 Å². The first-order valence-corrected chi connectivity index (χ1v) is 10.2. The molecular weight excluding hydrogens is 369 g/mol. The fourth-order valence-electron chi connectivity index (χ4n) is 4.71. The van der Waals surface area contributed by atoms with Crippen LogP contribution in [0.2, 0.25) is 0 Å². The second-order valence-corrected chi connectivity index (χ2v) is 7.98. The molecule has 1 atom stereocenters. The number of rotatable bonds is 3. The maximum absolute atomic E-state index is 13.3. The minimum atomic E-state index is -0.264. The number of carbonyl (C=O) groups is 1. The highest BCUT2D eigenvalue weighted by molar-refractivity contribution is 5.95. The number of nitrogens with zero attached hydrogens (tertiary/aromatic N) is 5. The fourth-order valence-corrected chi connectivity index (χ4v) is 4.71. The van der Waals surface area contributed by atoms with Gasteiger partial charge in [-0.1, -0.05) is 12.1 Å². The number of halogens is 1. The molecule has 2 saturated heterocycles. The van der Waals surface area contributed by atoms with Crippen molar-refractivity contribution >= 4 is 16.9 Å². The van der Waals surface area contributed by atoms with Crippen molar-refractivity contribution in [2.24, 2.45) is 0 Å². The molecule has 29 heavy (non-hydrogen) atoms. The molecule has 0 bridgehead atoms. The van der Waals surface area contributed by atoms with E-state index in [9.17, 15) is 9.18 Å². The Morgan fingerprint density at radius 3 is 2.83 bits per heavy atom. The molecule has 5 rings (SSSR count). The van der Waals surface area contributed by atoms with Crippen LogP contribution in [0.25, 0.3) is 22.2 Å². The highest BCUT2D eigenvalue weighted by atomic mass is 19.1. The Morgan fingerprint density at radius 2 is 2.00 bits per heavy atom. The van der Waals surface area contributed by atoms with Crippen LogP contribution in [0, 0.1) is 12.7 Å². The topological polar surface area (TPSA) is 54.3 Å². The fraction of sp³-hybridized carbons (Fsp3) is 0.409. The largest absolute Gasteiger partial charge is 0.338 e. The lowest BCUT2D eigenvalue weighted by Gasteiger charge is -2.37. The molecular formula is C22H24FN5O. The zero-order valence-electron chi connectivity index (χ0n) is 16.5. The van der Waals surface area contributed by atoms with Crippen LogP contribution < -0.4 is 0 Å². The van der Waals surface area contributed by atoms with Crippen molar-refractivity contribution in [2.75, 3.05) is 26.2 Å². The second-order valence-electron chi connectivity index (χ2n) is 7.98. The summed E-state index contributed by atoms with van der Waals surface area (Å²) in [6, 6.07) is 8.84. The van der Waals surface area contributed by atoms with Gasteiger partial charge in [-0.05, 0) is 55.6 Å². The molecule has 2 aromatic heterocycles. The highest BCUT2D eigenvalue weighted by Gasteiger charge is 2.32. The monoisotopic (exact) mass is 393 g/mol. The third-order valence-electron chi connectivity index (χ3n) is 6.19. The van der Waals surface area contributed by atoms with Gasteiger partial charge >= 0.3 is 0 Å². The smallest absolute Gasteiger partial charge is 0.244 e. The number of hydrogen-bond acceptors (Lipinski definition) is 4. The Kier molecular flexibility index (Phi) is 4.54. The first kappa shape index (κ1) is 18.2. The van der Waals surface area contributed by atoms with Crippen LogP contribution in [-0.4, -0.2) is 62.7 Å². The van der Waals surface area contributed by atoms with E-state index in [4.69, 9.17) is 0 Å². The van der Waals surface area contributed by atoms with Gasteiger partial charge < -0.3 is 4.90 Å². The lowest BCUT2D eigenvalue weighted by atomic mass is 10.0. The maximum Gasteiger partial charge on any atom is 0.244 e. The van der Waals surface area contributed by atoms with Gasteiger partial charge in [-0.25, -0.2) is 14.1 Å². The van der Waals surface area contributed by atoms with Crippen molar-refractivity contribution < 1.29 is 9.18 Å². The average molecular weight is 393 g/mol. The van der Waals surface area contributed by atoms with E-state index in [1.165, 1.54) is 25.0 Å². The molecule has 1 unspecified atom stereocenters. The number of piperazine rings is 1. The molecule has 2 fully saturated rings. The summed E-state index contributed by atoms with van der Waals surface area (Å²) >= 11 is 0. The molecule has 4 heterocycles. The molecule has 0 aliphatic carbocycles. The van der Waals surface area contributed by atoms with Crippen LogP contribution in [-0.2, 0) is 11.3 Å². The van der Waals surface area contributed by atoms with Gasteiger partial charge in [0.15, 0.2) is 5.65 Å². The molecule has 1 aromatic carbocycles. The van der Waals surface area contributed by atoms with Crippen molar-refractivity contribution in [3.05, 3.63) is 48.0 Å². The van der Waals surface area contributed by atoms with Crippen molar-refractivity contribution in [1.29, 1.82) is 0 Å². The Labute approximate surface area is 168 Å². The number of hydrogen-bond donors (Lipinski definition) is 0. The maximum atomic E-state index is 13.3. The average Bonchev–Trinajstić information content (AvgIpc) is 3.32. The van der Waals surface area contributed by atoms with E-state index in [1.807, 2.05) is 17.9 Å². The summed E-state index contributed by atoms with van der Waals surface area (Å²) in [6.07, 6.45) is 4.13. The predicted molar refractivity (Wildman–Crippen MR) is 109 cm³/mol. The molecule has 2 aliphatic heterocycles. The first-order chi connectivity index (χ1) is 14.1. The van der Waals surface area contributed by atoms with Crippen molar-refractivity contribution in [3.8, 4) is 11.1 Å². The number of fused-ring (bicyclic) bond motifs is 2. The van der Waals surface area contributed by atoms with Crippen LogP contribution in [0.3, 0.4) is 0 Å². The molecule has 6 nitrogen and oxygen atoms in total. The minimum absolute atomic E-state index is 0.0925. The van der Waals surface area contributed by atoms with Gasteiger partial charge in [0.25, 0.3) is 0 Å².